The Labute approximate surface area is 198 Å². The Morgan fingerprint density at radius 1 is 1.00 bits per heavy atom. The SMILES string of the molecule is NN1C(=O)CCC(N2Cc3c(OCc4ccccc4CN4CCOCC4)cccc3C2=O)C1=O. The molecule has 2 aromatic rings. The molecule has 0 bridgehead atoms. The van der Waals surface area contributed by atoms with Gasteiger partial charge in [0.1, 0.15) is 18.4 Å². The lowest BCUT2D eigenvalue weighted by molar-refractivity contribution is -0.152. The van der Waals surface area contributed by atoms with E-state index in [-0.39, 0.29) is 25.3 Å². The highest BCUT2D eigenvalue weighted by Crippen LogP contribution is 2.34. The van der Waals surface area contributed by atoms with Gasteiger partial charge in [-0.25, -0.2) is 10.9 Å². The molecular weight excluding hydrogens is 436 g/mol. The quantitative estimate of drug-likeness (QED) is 0.392. The molecule has 9 nitrogen and oxygen atoms in total. The van der Waals surface area contributed by atoms with Crippen LogP contribution in [-0.4, -0.2) is 64.9 Å². The van der Waals surface area contributed by atoms with Gasteiger partial charge in [-0.3, -0.25) is 19.3 Å². The fraction of sp³-hybridized carbons (Fsp3) is 0.400. The number of hydrogen-bond donors (Lipinski definition) is 1. The predicted octanol–water partition coefficient (Wildman–Crippen LogP) is 1.44. The van der Waals surface area contributed by atoms with E-state index in [2.05, 4.69) is 17.0 Å². The van der Waals surface area contributed by atoms with E-state index < -0.39 is 17.9 Å². The van der Waals surface area contributed by atoms with Crippen LogP contribution in [0.5, 0.6) is 5.75 Å². The molecule has 0 radical (unpaired) electrons. The number of imide groups is 1. The standard InChI is InChI=1S/C25H28N4O5/c26-29-23(30)9-8-21(25(29)32)28-15-20-19(24(28)31)6-3-7-22(20)34-16-18-5-2-1-4-17(18)14-27-10-12-33-13-11-27/h1-7,21H,8-16,26H2. The monoisotopic (exact) mass is 464 g/mol. The second kappa shape index (κ2) is 9.54. The summed E-state index contributed by atoms with van der Waals surface area (Å²) in [7, 11) is 0. The van der Waals surface area contributed by atoms with Crippen LogP contribution in [0.3, 0.4) is 0 Å². The lowest BCUT2D eigenvalue weighted by Gasteiger charge is -2.33. The molecule has 178 valence electrons. The number of benzene rings is 2. The van der Waals surface area contributed by atoms with Gasteiger partial charge in [0.05, 0.1) is 19.8 Å². The first-order valence-corrected chi connectivity index (χ1v) is 11.6. The average molecular weight is 465 g/mol. The van der Waals surface area contributed by atoms with Crippen molar-refractivity contribution in [2.24, 2.45) is 5.84 Å². The van der Waals surface area contributed by atoms with Gasteiger partial charge in [-0.05, 0) is 29.7 Å². The number of morpholine rings is 1. The average Bonchev–Trinajstić information content (AvgIpc) is 3.19. The van der Waals surface area contributed by atoms with Crippen molar-refractivity contribution in [2.75, 3.05) is 26.3 Å². The lowest BCUT2D eigenvalue weighted by Crippen LogP contribution is -2.57. The summed E-state index contributed by atoms with van der Waals surface area (Å²) in [6.07, 6.45) is 0.409. The lowest BCUT2D eigenvalue weighted by atomic mass is 10.0. The summed E-state index contributed by atoms with van der Waals surface area (Å²) in [4.78, 5) is 41.3. The van der Waals surface area contributed by atoms with E-state index in [0.717, 1.165) is 44.0 Å². The van der Waals surface area contributed by atoms with Crippen LogP contribution in [0.2, 0.25) is 0 Å². The maximum atomic E-state index is 13.1. The van der Waals surface area contributed by atoms with Crippen molar-refractivity contribution < 1.29 is 23.9 Å². The molecule has 2 N–H and O–H groups in total. The zero-order chi connectivity index (χ0) is 23.7. The topological polar surface area (TPSA) is 105 Å². The molecule has 0 aromatic heterocycles. The van der Waals surface area contributed by atoms with Crippen LogP contribution in [0.15, 0.2) is 42.5 Å². The molecule has 3 aliphatic rings. The molecule has 5 rings (SSSR count). The van der Waals surface area contributed by atoms with Gasteiger partial charge in [0.25, 0.3) is 11.8 Å². The summed E-state index contributed by atoms with van der Waals surface area (Å²) in [5.41, 5.74) is 3.57. The van der Waals surface area contributed by atoms with Crippen LogP contribution in [0.4, 0.5) is 0 Å². The van der Waals surface area contributed by atoms with E-state index in [1.54, 1.807) is 12.1 Å². The number of carbonyl (C=O) groups is 3. The molecule has 0 saturated carbocycles. The number of ether oxygens (including phenoxy) is 2. The normalized spacial score (nSPS) is 21.2. The van der Waals surface area contributed by atoms with Crippen LogP contribution < -0.4 is 10.6 Å². The molecule has 2 saturated heterocycles. The number of nitrogens with two attached hydrogens (primary N) is 1. The van der Waals surface area contributed by atoms with E-state index in [9.17, 15) is 14.4 Å². The zero-order valence-electron chi connectivity index (χ0n) is 18.9. The maximum absolute atomic E-state index is 13.1. The number of hydrogen-bond acceptors (Lipinski definition) is 7. The largest absolute Gasteiger partial charge is 0.489 e. The van der Waals surface area contributed by atoms with E-state index >= 15 is 0 Å². The van der Waals surface area contributed by atoms with E-state index in [1.807, 2.05) is 18.2 Å². The molecule has 3 amide bonds. The molecule has 1 unspecified atom stereocenters. The van der Waals surface area contributed by atoms with Gasteiger partial charge in [0.15, 0.2) is 0 Å². The minimum absolute atomic E-state index is 0.135. The van der Waals surface area contributed by atoms with Crippen molar-refractivity contribution >= 4 is 17.7 Å². The summed E-state index contributed by atoms with van der Waals surface area (Å²) in [6.45, 7) is 4.77. The van der Waals surface area contributed by atoms with Crippen LogP contribution in [0.1, 0.15) is 39.9 Å². The first-order chi connectivity index (χ1) is 16.5. The fourth-order valence-corrected chi connectivity index (χ4v) is 4.80. The maximum Gasteiger partial charge on any atom is 0.266 e. The van der Waals surface area contributed by atoms with Gasteiger partial charge < -0.3 is 14.4 Å². The second-order valence-corrected chi connectivity index (χ2v) is 8.82. The van der Waals surface area contributed by atoms with Crippen molar-refractivity contribution in [3.63, 3.8) is 0 Å². The minimum Gasteiger partial charge on any atom is -0.489 e. The van der Waals surface area contributed by atoms with Crippen molar-refractivity contribution in [1.29, 1.82) is 0 Å². The summed E-state index contributed by atoms with van der Waals surface area (Å²) in [5.74, 6) is 5.03. The first kappa shape index (κ1) is 22.5. The van der Waals surface area contributed by atoms with Gasteiger partial charge in [0.2, 0.25) is 5.91 Å². The Hall–Kier alpha value is -3.27. The number of nitrogens with zero attached hydrogens (tertiary/aromatic N) is 3. The first-order valence-electron chi connectivity index (χ1n) is 11.6. The van der Waals surface area contributed by atoms with Gasteiger partial charge in [-0.15, -0.1) is 0 Å². The molecule has 3 aliphatic heterocycles. The van der Waals surface area contributed by atoms with Crippen molar-refractivity contribution in [3.05, 3.63) is 64.7 Å². The summed E-state index contributed by atoms with van der Waals surface area (Å²) < 4.78 is 11.7. The predicted molar refractivity (Wildman–Crippen MR) is 122 cm³/mol. The number of hydrazine groups is 1. The molecule has 9 heteroatoms. The molecule has 0 aliphatic carbocycles. The minimum atomic E-state index is -0.746. The molecular formula is C25H28N4O5. The third kappa shape index (κ3) is 4.29. The van der Waals surface area contributed by atoms with Crippen LogP contribution in [-0.2, 0) is 34.0 Å². The fourth-order valence-electron chi connectivity index (χ4n) is 4.80. The number of piperidine rings is 1. The molecule has 2 fully saturated rings. The van der Waals surface area contributed by atoms with Crippen molar-refractivity contribution in [1.82, 2.24) is 14.8 Å². The smallest absolute Gasteiger partial charge is 0.266 e. The Morgan fingerprint density at radius 3 is 2.56 bits per heavy atom. The Balaban J connectivity index is 1.31. The Kier molecular flexibility index (Phi) is 6.32. The number of amides is 3. The van der Waals surface area contributed by atoms with Crippen LogP contribution >= 0.6 is 0 Å². The molecule has 3 heterocycles. The molecule has 0 spiro atoms. The Morgan fingerprint density at radius 2 is 1.76 bits per heavy atom. The zero-order valence-corrected chi connectivity index (χ0v) is 18.9. The summed E-state index contributed by atoms with van der Waals surface area (Å²) in [6, 6.07) is 12.8. The second-order valence-electron chi connectivity index (χ2n) is 8.82. The number of rotatable bonds is 6. The van der Waals surface area contributed by atoms with Crippen molar-refractivity contribution in [2.45, 2.75) is 38.6 Å². The van der Waals surface area contributed by atoms with Gasteiger partial charge >= 0.3 is 0 Å². The Bertz CT molecular complexity index is 1110. The van der Waals surface area contributed by atoms with Crippen LogP contribution in [0.25, 0.3) is 0 Å². The summed E-state index contributed by atoms with van der Waals surface area (Å²) in [5, 5.41) is 0.632. The highest BCUT2D eigenvalue weighted by atomic mass is 16.5. The number of carbonyl (C=O) groups excluding carboxylic acids is 3. The van der Waals surface area contributed by atoms with Gasteiger partial charge in [0, 0.05) is 37.2 Å². The van der Waals surface area contributed by atoms with Gasteiger partial charge in [-0.2, -0.15) is 0 Å². The summed E-state index contributed by atoms with van der Waals surface area (Å²) >= 11 is 0. The highest BCUT2D eigenvalue weighted by Gasteiger charge is 2.42. The van der Waals surface area contributed by atoms with E-state index in [1.165, 1.54) is 10.5 Å². The highest BCUT2D eigenvalue weighted by molar-refractivity contribution is 6.05. The molecule has 34 heavy (non-hydrogen) atoms. The number of fused-ring (bicyclic) bond motifs is 1. The van der Waals surface area contributed by atoms with E-state index in [0.29, 0.717) is 22.9 Å². The molecule has 1 atom stereocenters. The van der Waals surface area contributed by atoms with Crippen LogP contribution in [0, 0.1) is 0 Å². The van der Waals surface area contributed by atoms with E-state index in [4.69, 9.17) is 15.3 Å². The third-order valence-corrected chi connectivity index (χ3v) is 6.75. The van der Waals surface area contributed by atoms with Gasteiger partial charge in [-0.1, -0.05) is 30.3 Å². The molecule has 2 aromatic carbocycles. The van der Waals surface area contributed by atoms with Crippen molar-refractivity contribution in [3.8, 4) is 5.75 Å². The third-order valence-electron chi connectivity index (χ3n) is 6.75.